The number of para-hydroxylation sites is 1. The van der Waals surface area contributed by atoms with Crippen LogP contribution in [-0.2, 0) is 0 Å². The largest absolute Gasteiger partial charge is 0.475 e. The minimum Gasteiger partial charge on any atom is -0.475 e. The minimum atomic E-state index is -1.05. The SMILES string of the molecule is O=C(O)c1cc2c([nH]c3ccccc32)o1. The highest BCUT2D eigenvalue weighted by molar-refractivity contribution is 6.07. The molecule has 0 saturated heterocycles. The summed E-state index contributed by atoms with van der Waals surface area (Å²) in [6.07, 6.45) is 0. The zero-order valence-electron chi connectivity index (χ0n) is 7.65. The molecule has 0 aliphatic carbocycles. The van der Waals surface area contributed by atoms with Crippen LogP contribution in [0.5, 0.6) is 0 Å². The van der Waals surface area contributed by atoms with Gasteiger partial charge in [-0.05, 0) is 6.07 Å². The summed E-state index contributed by atoms with van der Waals surface area (Å²) in [7, 11) is 0. The van der Waals surface area contributed by atoms with Gasteiger partial charge in [0.1, 0.15) is 0 Å². The van der Waals surface area contributed by atoms with E-state index < -0.39 is 5.97 Å². The Hall–Kier alpha value is -2.23. The van der Waals surface area contributed by atoms with Crippen LogP contribution in [0.25, 0.3) is 22.0 Å². The summed E-state index contributed by atoms with van der Waals surface area (Å²) in [5.41, 5.74) is 1.46. The van der Waals surface area contributed by atoms with Crippen molar-refractivity contribution in [1.82, 2.24) is 4.98 Å². The molecule has 0 spiro atoms. The van der Waals surface area contributed by atoms with Crippen molar-refractivity contribution in [3.8, 4) is 0 Å². The molecule has 15 heavy (non-hydrogen) atoms. The Labute approximate surface area is 84.1 Å². The number of rotatable bonds is 1. The molecule has 0 aliphatic rings. The van der Waals surface area contributed by atoms with Crippen LogP contribution in [0.4, 0.5) is 0 Å². The van der Waals surface area contributed by atoms with Gasteiger partial charge in [-0.1, -0.05) is 18.2 Å². The molecule has 2 N–H and O–H groups in total. The lowest BCUT2D eigenvalue weighted by Crippen LogP contribution is -1.91. The number of carboxylic acids is 1. The average Bonchev–Trinajstić information content (AvgIpc) is 2.73. The number of aromatic nitrogens is 1. The highest BCUT2D eigenvalue weighted by Crippen LogP contribution is 2.27. The number of benzene rings is 1. The van der Waals surface area contributed by atoms with Crippen molar-refractivity contribution in [3.05, 3.63) is 36.1 Å². The van der Waals surface area contributed by atoms with E-state index in [-0.39, 0.29) is 5.76 Å². The number of hydrogen-bond acceptors (Lipinski definition) is 2. The summed E-state index contributed by atoms with van der Waals surface area (Å²) in [5.74, 6) is -1.09. The zero-order valence-corrected chi connectivity index (χ0v) is 7.65. The van der Waals surface area contributed by atoms with Gasteiger partial charge in [-0.25, -0.2) is 4.79 Å². The number of fused-ring (bicyclic) bond motifs is 3. The van der Waals surface area contributed by atoms with Crippen LogP contribution in [-0.4, -0.2) is 16.1 Å². The second kappa shape index (κ2) is 2.63. The Morgan fingerprint density at radius 1 is 1.27 bits per heavy atom. The molecule has 4 heteroatoms. The Morgan fingerprint density at radius 3 is 2.87 bits per heavy atom. The van der Waals surface area contributed by atoms with Gasteiger partial charge in [-0.3, -0.25) is 0 Å². The van der Waals surface area contributed by atoms with E-state index >= 15 is 0 Å². The highest BCUT2D eigenvalue weighted by atomic mass is 16.4. The lowest BCUT2D eigenvalue weighted by molar-refractivity contribution is 0.0664. The maximum atomic E-state index is 10.7. The number of carbonyl (C=O) groups is 1. The second-order valence-electron chi connectivity index (χ2n) is 3.33. The van der Waals surface area contributed by atoms with Gasteiger partial charge in [0.05, 0.1) is 0 Å². The van der Waals surface area contributed by atoms with Gasteiger partial charge < -0.3 is 14.5 Å². The average molecular weight is 201 g/mol. The van der Waals surface area contributed by atoms with Gasteiger partial charge in [0.25, 0.3) is 0 Å². The summed E-state index contributed by atoms with van der Waals surface area (Å²) in [6, 6.07) is 9.20. The molecule has 0 fully saturated rings. The molecule has 1 aromatic carbocycles. The van der Waals surface area contributed by atoms with Crippen LogP contribution in [0.2, 0.25) is 0 Å². The van der Waals surface area contributed by atoms with Crippen molar-refractivity contribution in [2.75, 3.05) is 0 Å². The predicted molar refractivity (Wildman–Crippen MR) is 55.0 cm³/mol. The van der Waals surface area contributed by atoms with E-state index in [4.69, 9.17) is 9.52 Å². The minimum absolute atomic E-state index is 0.0398. The first-order valence-electron chi connectivity index (χ1n) is 4.49. The highest BCUT2D eigenvalue weighted by Gasteiger charge is 2.13. The van der Waals surface area contributed by atoms with E-state index in [1.54, 1.807) is 0 Å². The first kappa shape index (κ1) is 8.11. The first-order valence-corrected chi connectivity index (χ1v) is 4.49. The monoisotopic (exact) mass is 201 g/mol. The summed E-state index contributed by atoms with van der Waals surface area (Å²) >= 11 is 0. The van der Waals surface area contributed by atoms with Crippen LogP contribution in [0.15, 0.2) is 34.7 Å². The molecule has 0 bridgehead atoms. The van der Waals surface area contributed by atoms with Crippen molar-refractivity contribution in [2.24, 2.45) is 0 Å². The zero-order chi connectivity index (χ0) is 10.4. The van der Waals surface area contributed by atoms with Gasteiger partial charge >= 0.3 is 5.97 Å². The number of carboxylic acid groups (broad SMARTS) is 1. The van der Waals surface area contributed by atoms with E-state index in [9.17, 15) is 4.79 Å². The molecule has 0 aliphatic heterocycles. The quantitative estimate of drug-likeness (QED) is 0.635. The summed E-state index contributed by atoms with van der Waals surface area (Å²) in [4.78, 5) is 13.7. The molecular weight excluding hydrogens is 194 g/mol. The second-order valence-corrected chi connectivity index (χ2v) is 3.33. The lowest BCUT2D eigenvalue weighted by Gasteiger charge is -1.87. The van der Waals surface area contributed by atoms with Crippen molar-refractivity contribution >= 4 is 28.0 Å². The first-order chi connectivity index (χ1) is 7.25. The number of aromatic amines is 1. The Morgan fingerprint density at radius 2 is 2.07 bits per heavy atom. The van der Waals surface area contributed by atoms with Gasteiger partial charge in [-0.2, -0.15) is 0 Å². The maximum absolute atomic E-state index is 10.7. The normalized spacial score (nSPS) is 11.2. The topological polar surface area (TPSA) is 66.2 Å². The van der Waals surface area contributed by atoms with Crippen LogP contribution in [0, 0.1) is 0 Å². The molecule has 3 rings (SSSR count). The van der Waals surface area contributed by atoms with Gasteiger partial charge in [0.2, 0.25) is 11.5 Å². The van der Waals surface area contributed by atoms with Gasteiger partial charge in [0.15, 0.2) is 0 Å². The van der Waals surface area contributed by atoms with Gasteiger partial charge in [-0.15, -0.1) is 0 Å². The number of nitrogens with one attached hydrogen (secondary N) is 1. The molecule has 2 aromatic heterocycles. The molecule has 2 heterocycles. The van der Waals surface area contributed by atoms with Crippen LogP contribution in [0.1, 0.15) is 10.6 Å². The van der Waals surface area contributed by atoms with Gasteiger partial charge in [0, 0.05) is 22.4 Å². The standard InChI is InChI=1S/C11H7NO3/c13-11(14)9-5-7-6-3-1-2-4-8(6)12-10(7)15-9/h1-5,12H,(H,13,14). The number of aromatic carboxylic acids is 1. The molecule has 0 radical (unpaired) electrons. The summed E-state index contributed by atoms with van der Waals surface area (Å²) in [5, 5.41) is 10.6. The Balaban J connectivity index is 2.42. The molecule has 0 saturated carbocycles. The van der Waals surface area contributed by atoms with E-state index in [0.717, 1.165) is 16.3 Å². The van der Waals surface area contributed by atoms with Crippen molar-refractivity contribution in [3.63, 3.8) is 0 Å². The van der Waals surface area contributed by atoms with Crippen LogP contribution >= 0.6 is 0 Å². The molecular formula is C11H7NO3. The number of hydrogen-bond donors (Lipinski definition) is 2. The third-order valence-corrected chi connectivity index (χ3v) is 2.41. The smallest absolute Gasteiger partial charge is 0.371 e. The number of H-pyrrole nitrogens is 1. The maximum Gasteiger partial charge on any atom is 0.371 e. The molecule has 3 aromatic rings. The van der Waals surface area contributed by atoms with Crippen LogP contribution in [0.3, 0.4) is 0 Å². The van der Waals surface area contributed by atoms with Crippen molar-refractivity contribution in [2.45, 2.75) is 0 Å². The van der Waals surface area contributed by atoms with E-state index in [1.807, 2.05) is 24.3 Å². The lowest BCUT2D eigenvalue weighted by atomic mass is 10.2. The van der Waals surface area contributed by atoms with Crippen molar-refractivity contribution < 1.29 is 14.3 Å². The van der Waals surface area contributed by atoms with Crippen molar-refractivity contribution in [1.29, 1.82) is 0 Å². The number of furan rings is 1. The Kier molecular flexibility index (Phi) is 1.42. The molecule has 0 atom stereocenters. The molecule has 4 nitrogen and oxygen atoms in total. The fourth-order valence-electron chi connectivity index (χ4n) is 1.74. The fourth-order valence-corrected chi connectivity index (χ4v) is 1.74. The predicted octanol–water partition coefficient (Wildman–Crippen LogP) is 2.61. The summed E-state index contributed by atoms with van der Waals surface area (Å²) in [6.45, 7) is 0. The molecule has 74 valence electrons. The fraction of sp³-hybridized carbons (Fsp3) is 0. The molecule has 0 unspecified atom stereocenters. The third-order valence-electron chi connectivity index (χ3n) is 2.41. The van der Waals surface area contributed by atoms with E-state index in [2.05, 4.69) is 4.98 Å². The summed E-state index contributed by atoms with van der Waals surface area (Å²) < 4.78 is 5.16. The van der Waals surface area contributed by atoms with Crippen LogP contribution < -0.4 is 0 Å². The van der Waals surface area contributed by atoms with E-state index in [0.29, 0.717) is 5.71 Å². The Bertz CT molecular complexity index is 663. The van der Waals surface area contributed by atoms with E-state index in [1.165, 1.54) is 6.07 Å². The third kappa shape index (κ3) is 1.05. The molecule has 0 amide bonds.